The monoisotopic (exact) mass is 957 g/mol. The van der Waals surface area contributed by atoms with Gasteiger partial charge < -0.3 is 4.42 Å². The van der Waals surface area contributed by atoms with Gasteiger partial charge in [-0.05, 0) is 88.2 Å². The highest BCUT2D eigenvalue weighted by atomic mass is 32.1. The number of thiophene rings is 1. The van der Waals surface area contributed by atoms with Crippen molar-refractivity contribution >= 4 is 70.7 Å². The smallest absolute Gasteiger partial charge is 0.165 e. The van der Waals surface area contributed by atoms with E-state index in [9.17, 15) is 0 Å². The predicted molar refractivity (Wildman–Crippen MR) is 309 cm³/mol. The molecule has 4 nitrogen and oxygen atoms in total. The zero-order chi connectivity index (χ0) is 49.3. The van der Waals surface area contributed by atoms with Crippen LogP contribution in [0, 0.1) is 0 Å². The van der Waals surface area contributed by atoms with Gasteiger partial charge in [-0.2, -0.15) is 0 Å². The van der Waals surface area contributed by atoms with Gasteiger partial charge in [0.1, 0.15) is 11.2 Å². The lowest BCUT2D eigenvalue weighted by Gasteiger charge is -2.34. The Labute approximate surface area is 430 Å². The maximum atomic E-state index is 6.45. The Morgan fingerprint density at radius 1 is 0.575 bits per heavy atom. The summed E-state index contributed by atoms with van der Waals surface area (Å²) in [5.41, 5.74) is 14.2. The van der Waals surface area contributed by atoms with E-state index in [1.54, 1.807) is 11.3 Å². The van der Waals surface area contributed by atoms with Crippen LogP contribution in [-0.2, 0) is 5.41 Å². The molecule has 2 aliphatic rings. The molecule has 0 saturated carbocycles. The van der Waals surface area contributed by atoms with Crippen molar-refractivity contribution in [2.75, 3.05) is 0 Å². The molecule has 3 aromatic heterocycles. The van der Waals surface area contributed by atoms with E-state index in [2.05, 4.69) is 238 Å². The summed E-state index contributed by atoms with van der Waals surface area (Å²) in [5.74, 6) is 1.93. The fraction of sp³-hybridized carbons (Fsp3) is 0.0735. The topological polar surface area (TPSA) is 51.8 Å². The number of fused-ring (bicyclic) bond motifs is 9. The van der Waals surface area contributed by atoms with Crippen LogP contribution < -0.4 is 0 Å². The average Bonchev–Trinajstić information content (AvgIpc) is 4.03. The van der Waals surface area contributed by atoms with Crippen molar-refractivity contribution in [1.29, 1.82) is 0 Å². The minimum Gasteiger partial charge on any atom is -0.455 e. The molecular formula is C68H51N3OS. The minimum atomic E-state index is -0.673. The van der Waals surface area contributed by atoms with Crippen LogP contribution in [0.15, 0.2) is 241 Å². The van der Waals surface area contributed by atoms with Crippen LogP contribution in [0.4, 0.5) is 0 Å². The number of hydrogen-bond acceptors (Lipinski definition) is 5. The first kappa shape index (κ1) is 45.4. The number of rotatable bonds is 9. The van der Waals surface area contributed by atoms with Crippen LogP contribution in [-0.4, -0.2) is 15.0 Å². The molecule has 0 N–H and O–H groups in total. The van der Waals surface area contributed by atoms with Crippen LogP contribution in [0.3, 0.4) is 0 Å². The van der Waals surface area contributed by atoms with Gasteiger partial charge in [0.15, 0.2) is 17.5 Å². The highest BCUT2D eigenvalue weighted by molar-refractivity contribution is 7.26. The van der Waals surface area contributed by atoms with E-state index < -0.39 is 5.41 Å². The minimum absolute atomic E-state index is 0.623. The molecule has 73 heavy (non-hydrogen) atoms. The second kappa shape index (κ2) is 19.4. The highest BCUT2D eigenvalue weighted by Gasteiger charge is 2.47. The van der Waals surface area contributed by atoms with Crippen molar-refractivity contribution in [2.45, 2.75) is 32.6 Å². The third-order valence-electron chi connectivity index (χ3n) is 14.0. The molecule has 0 spiro atoms. The normalized spacial score (nSPS) is 14.0. The van der Waals surface area contributed by atoms with Crippen molar-refractivity contribution in [1.82, 2.24) is 15.0 Å². The van der Waals surface area contributed by atoms with Crippen molar-refractivity contribution in [3.8, 4) is 33.9 Å². The molecular weight excluding hydrogens is 907 g/mol. The van der Waals surface area contributed by atoms with Crippen LogP contribution in [0.2, 0.25) is 0 Å². The van der Waals surface area contributed by atoms with E-state index in [1.165, 1.54) is 37.7 Å². The lowest BCUT2D eigenvalue weighted by atomic mass is 9.67. The van der Waals surface area contributed by atoms with Crippen LogP contribution >= 0.6 is 11.3 Å². The summed E-state index contributed by atoms with van der Waals surface area (Å²) in [7, 11) is 0. The molecule has 2 aliphatic carbocycles. The molecule has 350 valence electrons. The maximum absolute atomic E-state index is 6.45. The van der Waals surface area contributed by atoms with E-state index in [-0.39, 0.29) is 0 Å². The second-order valence-electron chi connectivity index (χ2n) is 18.1. The Morgan fingerprint density at radius 2 is 1.23 bits per heavy atom. The van der Waals surface area contributed by atoms with Crippen LogP contribution in [0.1, 0.15) is 66.4 Å². The fourth-order valence-corrected chi connectivity index (χ4v) is 12.1. The van der Waals surface area contributed by atoms with Crippen LogP contribution in [0.5, 0.6) is 0 Å². The Morgan fingerprint density at radius 3 is 2.04 bits per heavy atom. The van der Waals surface area contributed by atoms with Gasteiger partial charge in [-0.15, -0.1) is 11.3 Å². The van der Waals surface area contributed by atoms with Gasteiger partial charge in [0.2, 0.25) is 0 Å². The van der Waals surface area contributed by atoms with Gasteiger partial charge in [-0.1, -0.05) is 226 Å². The first-order chi connectivity index (χ1) is 36.2. The quantitative estimate of drug-likeness (QED) is 0.135. The summed E-state index contributed by atoms with van der Waals surface area (Å²) in [6.45, 7) is 6.08. The summed E-state index contributed by atoms with van der Waals surface area (Å²) in [6.07, 6.45) is 22.1. The predicted octanol–water partition coefficient (Wildman–Crippen LogP) is 18.4. The summed E-state index contributed by atoms with van der Waals surface area (Å²) in [4.78, 5) is 16.5. The van der Waals surface area contributed by atoms with Gasteiger partial charge in [0.05, 0.1) is 5.41 Å². The van der Waals surface area contributed by atoms with Crippen molar-refractivity contribution in [3.05, 3.63) is 276 Å². The third kappa shape index (κ3) is 7.81. The Kier molecular flexibility index (Phi) is 12.1. The van der Waals surface area contributed by atoms with E-state index in [4.69, 9.17) is 19.4 Å². The lowest BCUT2D eigenvalue weighted by molar-refractivity contribution is 0.668. The number of aromatic nitrogens is 3. The van der Waals surface area contributed by atoms with E-state index in [0.29, 0.717) is 23.9 Å². The molecule has 0 atom stereocenters. The first-order valence-corrected chi connectivity index (χ1v) is 26.0. The average molecular weight is 958 g/mol. The van der Waals surface area contributed by atoms with Crippen LogP contribution in [0.25, 0.3) is 93.2 Å². The number of allylic oxidation sites excluding steroid dienone is 11. The van der Waals surface area contributed by atoms with Gasteiger partial charge in [0, 0.05) is 53.2 Å². The zero-order valence-corrected chi connectivity index (χ0v) is 41.8. The summed E-state index contributed by atoms with van der Waals surface area (Å²) >= 11 is 1.79. The number of hydrogen-bond donors (Lipinski definition) is 0. The molecule has 0 amide bonds. The van der Waals surface area contributed by atoms with Gasteiger partial charge >= 0.3 is 0 Å². The number of benzene rings is 8. The number of furan rings is 1. The Balaban J connectivity index is 0.00000268. The molecule has 5 heteroatoms. The number of nitrogens with zero attached hydrogens (tertiary/aromatic N) is 3. The molecule has 0 saturated heterocycles. The molecule has 0 bridgehead atoms. The molecule has 11 aromatic rings. The maximum Gasteiger partial charge on any atom is 0.165 e. The molecule has 0 fully saturated rings. The van der Waals surface area contributed by atoms with E-state index in [0.717, 1.165) is 71.2 Å². The van der Waals surface area contributed by atoms with E-state index >= 15 is 0 Å². The molecule has 13 rings (SSSR count). The molecule has 0 aliphatic heterocycles. The molecule has 8 aromatic carbocycles. The molecule has 0 radical (unpaired) electrons. The summed E-state index contributed by atoms with van der Waals surface area (Å²) in [6, 6.07) is 65.4. The fourth-order valence-electron chi connectivity index (χ4n) is 10.9. The second-order valence-corrected chi connectivity index (χ2v) is 19.1. The van der Waals surface area contributed by atoms with Gasteiger partial charge in [-0.3, -0.25) is 0 Å². The highest BCUT2D eigenvalue weighted by Crippen LogP contribution is 2.59. The Bertz CT molecular complexity index is 4050. The number of para-hydroxylation sites is 2. The van der Waals surface area contributed by atoms with Crippen molar-refractivity contribution in [2.24, 2.45) is 0 Å². The van der Waals surface area contributed by atoms with Gasteiger partial charge in [-0.25, -0.2) is 15.0 Å². The first-order valence-electron chi connectivity index (χ1n) is 25.2. The summed E-state index contributed by atoms with van der Waals surface area (Å²) in [5, 5.41) is 4.65. The van der Waals surface area contributed by atoms with E-state index in [1.807, 2.05) is 26.0 Å². The molecule has 3 heterocycles. The Hall–Kier alpha value is -8.77. The standard InChI is InChI=1S/C66H45N3OS.C2H6/c1-2-22-43(25-19-26-44-27-20-35-51-49-32-14-17-39-58(49)70-61(44)51)46-41-55(60-53-34-13-16-38-56(53)66(57(60)42-46,47-28-9-5-10-29-47)48-30-11-6-12-31-48)65-68-63(45-23-7-3-4-8-24-45)67-64(69-65)54-37-21-36-52-50-33-15-18-40-59(50)71-62(52)54;1-2/h2-23,25-42H,24H2,1H3;1-2H3/b22-2-,26-19+,43-25+;. The van der Waals surface area contributed by atoms with Crippen molar-refractivity contribution in [3.63, 3.8) is 0 Å². The zero-order valence-electron chi connectivity index (χ0n) is 41.0. The lowest BCUT2D eigenvalue weighted by Crippen LogP contribution is -2.28. The molecule has 0 unspecified atom stereocenters. The third-order valence-corrected chi connectivity index (χ3v) is 15.2. The van der Waals surface area contributed by atoms with Gasteiger partial charge in [0.25, 0.3) is 0 Å². The van der Waals surface area contributed by atoms with Crippen molar-refractivity contribution < 1.29 is 4.42 Å². The SMILES string of the molecule is CC.C\C=C/C(=C\C=C\c1cccc2c1oc1ccccc12)c1cc(-c2nc(C3=CC=CC=CC3)nc(-c3cccc4c3sc3ccccc34)n2)c2c(c1)C(c1ccccc1)(c1ccccc1)c1ccccc1-2. The summed E-state index contributed by atoms with van der Waals surface area (Å²) < 4.78 is 8.84. The largest absolute Gasteiger partial charge is 0.455 e.